The summed E-state index contributed by atoms with van der Waals surface area (Å²) < 4.78 is 14.0. The average molecular weight is 674 g/mol. The highest BCUT2D eigenvalue weighted by molar-refractivity contribution is 7.19. The molecule has 0 aliphatic heterocycles. The highest BCUT2D eigenvalue weighted by Crippen LogP contribution is 2.36. The topological polar surface area (TPSA) is 3.24 Å². The van der Waals surface area contributed by atoms with Crippen LogP contribution in [0.3, 0.4) is 0 Å². The van der Waals surface area contributed by atoms with Gasteiger partial charge in [0.05, 0.1) is 0 Å². The molecule has 0 bridgehead atoms. The summed E-state index contributed by atoms with van der Waals surface area (Å²) in [6.07, 6.45) is 0. The Balaban J connectivity index is 1.16. The van der Waals surface area contributed by atoms with Crippen molar-refractivity contribution >= 4 is 45.9 Å². The fraction of sp³-hybridized carbons (Fsp3) is 0. The zero-order chi connectivity index (χ0) is 34.5. The Bertz CT molecular complexity index is 2210. The first kappa shape index (κ1) is 31.9. The Morgan fingerprint density at radius 1 is 0.275 bits per heavy atom. The molecule has 0 aromatic heterocycles. The standard InChI is InChI=1S/C48H36FNSi/c49-41-27-33-44(34-28-41)50(42-29-21-38(22-30-42)37-13-5-1-6-14-37)43-31-23-39(24-32-43)40-25-35-48(36-26-40)51(45-15-7-2-8-16-45,46-17-9-3-10-18-46)47-19-11-4-12-20-47/h1-36H. The van der Waals surface area contributed by atoms with Crippen molar-refractivity contribution in [3.63, 3.8) is 0 Å². The molecule has 8 aromatic rings. The predicted octanol–water partition coefficient (Wildman–Crippen LogP) is 10.0. The van der Waals surface area contributed by atoms with Gasteiger partial charge in [-0.1, -0.05) is 170 Å². The van der Waals surface area contributed by atoms with Gasteiger partial charge in [0.25, 0.3) is 0 Å². The summed E-state index contributed by atoms with van der Waals surface area (Å²) >= 11 is 0. The second-order valence-corrected chi connectivity index (χ2v) is 16.5. The predicted molar refractivity (Wildman–Crippen MR) is 216 cm³/mol. The van der Waals surface area contributed by atoms with Crippen molar-refractivity contribution in [2.24, 2.45) is 0 Å². The van der Waals surface area contributed by atoms with E-state index in [0.29, 0.717) is 0 Å². The van der Waals surface area contributed by atoms with E-state index in [0.717, 1.165) is 33.8 Å². The molecule has 0 unspecified atom stereocenters. The van der Waals surface area contributed by atoms with Gasteiger partial charge >= 0.3 is 0 Å². The summed E-state index contributed by atoms with van der Waals surface area (Å²) in [5.41, 5.74) is 7.50. The van der Waals surface area contributed by atoms with Gasteiger partial charge in [0, 0.05) is 17.1 Å². The van der Waals surface area contributed by atoms with Gasteiger partial charge in [0.1, 0.15) is 5.82 Å². The zero-order valence-electron chi connectivity index (χ0n) is 28.1. The third-order valence-corrected chi connectivity index (χ3v) is 14.5. The van der Waals surface area contributed by atoms with Gasteiger partial charge in [-0.05, 0) is 91.5 Å². The molecule has 0 atom stereocenters. The van der Waals surface area contributed by atoms with E-state index in [9.17, 15) is 4.39 Å². The summed E-state index contributed by atoms with van der Waals surface area (Å²) in [6, 6.07) is 76.4. The van der Waals surface area contributed by atoms with Crippen molar-refractivity contribution in [3.05, 3.63) is 224 Å². The summed E-state index contributed by atoms with van der Waals surface area (Å²) in [5, 5.41) is 5.42. The lowest BCUT2D eigenvalue weighted by Gasteiger charge is -2.34. The normalized spacial score (nSPS) is 11.2. The first-order valence-corrected chi connectivity index (χ1v) is 19.3. The molecular formula is C48H36FNSi. The van der Waals surface area contributed by atoms with Gasteiger partial charge in [0.2, 0.25) is 0 Å². The minimum Gasteiger partial charge on any atom is -0.311 e. The first-order valence-electron chi connectivity index (χ1n) is 17.3. The molecule has 0 fully saturated rings. The maximum Gasteiger partial charge on any atom is 0.179 e. The van der Waals surface area contributed by atoms with Crippen LogP contribution in [0.5, 0.6) is 0 Å². The molecular weight excluding hydrogens is 638 g/mol. The molecule has 51 heavy (non-hydrogen) atoms. The minimum absolute atomic E-state index is 0.254. The van der Waals surface area contributed by atoms with E-state index < -0.39 is 8.07 Å². The lowest BCUT2D eigenvalue weighted by atomic mass is 10.0. The van der Waals surface area contributed by atoms with Crippen LogP contribution < -0.4 is 25.6 Å². The van der Waals surface area contributed by atoms with Gasteiger partial charge in [-0.2, -0.15) is 0 Å². The monoisotopic (exact) mass is 673 g/mol. The van der Waals surface area contributed by atoms with Gasteiger partial charge < -0.3 is 4.90 Å². The molecule has 0 heterocycles. The molecule has 0 amide bonds. The van der Waals surface area contributed by atoms with Crippen molar-refractivity contribution in [2.45, 2.75) is 0 Å². The van der Waals surface area contributed by atoms with Gasteiger partial charge in [-0.3, -0.25) is 0 Å². The fourth-order valence-corrected chi connectivity index (χ4v) is 12.0. The summed E-state index contributed by atoms with van der Waals surface area (Å²) in [6.45, 7) is 0. The largest absolute Gasteiger partial charge is 0.311 e. The van der Waals surface area contributed by atoms with Crippen LogP contribution in [0.2, 0.25) is 0 Å². The van der Waals surface area contributed by atoms with Crippen LogP contribution in [-0.4, -0.2) is 8.07 Å². The van der Waals surface area contributed by atoms with Crippen LogP contribution in [-0.2, 0) is 0 Å². The molecule has 1 nitrogen and oxygen atoms in total. The molecule has 0 radical (unpaired) electrons. The molecule has 244 valence electrons. The second kappa shape index (κ2) is 14.3. The smallest absolute Gasteiger partial charge is 0.179 e. The number of hydrogen-bond acceptors (Lipinski definition) is 1. The summed E-state index contributed by atoms with van der Waals surface area (Å²) in [5.74, 6) is -0.254. The van der Waals surface area contributed by atoms with E-state index in [1.165, 1.54) is 38.4 Å². The van der Waals surface area contributed by atoms with E-state index in [4.69, 9.17) is 0 Å². The molecule has 0 saturated heterocycles. The van der Waals surface area contributed by atoms with Crippen LogP contribution >= 0.6 is 0 Å². The molecule has 0 aliphatic rings. The van der Waals surface area contributed by atoms with Crippen molar-refractivity contribution in [3.8, 4) is 22.3 Å². The molecule has 8 aromatic carbocycles. The van der Waals surface area contributed by atoms with Crippen LogP contribution in [0, 0.1) is 5.82 Å². The first-order chi connectivity index (χ1) is 25.2. The maximum atomic E-state index is 14.0. The Labute approximate surface area is 300 Å². The van der Waals surface area contributed by atoms with Gasteiger partial charge in [-0.25, -0.2) is 4.39 Å². The molecule has 3 heteroatoms. The van der Waals surface area contributed by atoms with E-state index >= 15 is 0 Å². The van der Waals surface area contributed by atoms with E-state index in [2.05, 4.69) is 193 Å². The van der Waals surface area contributed by atoms with Crippen LogP contribution in [0.25, 0.3) is 22.3 Å². The Morgan fingerprint density at radius 3 is 0.922 bits per heavy atom. The third kappa shape index (κ3) is 6.32. The average Bonchev–Trinajstić information content (AvgIpc) is 3.21. The fourth-order valence-electron chi connectivity index (χ4n) is 7.25. The number of rotatable bonds is 9. The molecule has 0 aliphatic carbocycles. The molecule has 0 saturated carbocycles. The zero-order valence-corrected chi connectivity index (χ0v) is 29.1. The van der Waals surface area contributed by atoms with Crippen LogP contribution in [0.1, 0.15) is 0 Å². The number of halogens is 1. The summed E-state index contributed by atoms with van der Waals surface area (Å²) in [4.78, 5) is 2.17. The number of benzene rings is 8. The molecule has 0 spiro atoms. The summed E-state index contributed by atoms with van der Waals surface area (Å²) in [7, 11) is -2.59. The van der Waals surface area contributed by atoms with Crippen molar-refractivity contribution in [1.29, 1.82) is 0 Å². The van der Waals surface area contributed by atoms with E-state index in [1.54, 1.807) is 0 Å². The van der Waals surface area contributed by atoms with Gasteiger partial charge in [0.15, 0.2) is 8.07 Å². The number of hydrogen-bond donors (Lipinski definition) is 0. The Morgan fingerprint density at radius 2 is 0.549 bits per heavy atom. The van der Waals surface area contributed by atoms with E-state index in [1.807, 2.05) is 18.2 Å². The molecule has 8 rings (SSSR count). The van der Waals surface area contributed by atoms with Crippen molar-refractivity contribution in [2.75, 3.05) is 4.90 Å². The maximum absolute atomic E-state index is 14.0. The molecule has 0 N–H and O–H groups in total. The van der Waals surface area contributed by atoms with Crippen LogP contribution in [0.4, 0.5) is 21.5 Å². The van der Waals surface area contributed by atoms with E-state index in [-0.39, 0.29) is 5.82 Å². The van der Waals surface area contributed by atoms with Crippen LogP contribution in [0.15, 0.2) is 218 Å². The Kier molecular flexibility index (Phi) is 8.95. The number of anilines is 3. The third-order valence-electron chi connectivity index (χ3n) is 9.71. The van der Waals surface area contributed by atoms with Crippen molar-refractivity contribution < 1.29 is 4.39 Å². The lowest BCUT2D eigenvalue weighted by Crippen LogP contribution is -2.74. The minimum atomic E-state index is -2.59. The van der Waals surface area contributed by atoms with Crippen molar-refractivity contribution in [1.82, 2.24) is 0 Å². The SMILES string of the molecule is Fc1ccc(N(c2ccc(-c3ccccc3)cc2)c2ccc(-c3ccc([Si](c4ccccc4)(c4ccccc4)c4ccccc4)cc3)cc2)cc1. The number of nitrogens with zero attached hydrogens (tertiary/aromatic N) is 1. The Hall–Kier alpha value is -6.29. The quantitative estimate of drug-likeness (QED) is 0.109. The van der Waals surface area contributed by atoms with Gasteiger partial charge in [-0.15, -0.1) is 0 Å². The second-order valence-electron chi connectivity index (χ2n) is 12.7. The highest BCUT2D eigenvalue weighted by atomic mass is 28.3. The highest BCUT2D eigenvalue weighted by Gasteiger charge is 2.41. The lowest BCUT2D eigenvalue weighted by molar-refractivity contribution is 0.628.